The Morgan fingerprint density at radius 2 is 1.48 bits per heavy atom. The second-order valence-corrected chi connectivity index (χ2v) is 9.07. The third-order valence-electron chi connectivity index (χ3n) is 5.89. The highest BCUT2D eigenvalue weighted by Crippen LogP contribution is 2.59. The molecule has 3 rings (SSSR count). The molecule has 0 saturated heterocycles. The van der Waals surface area contributed by atoms with Crippen molar-refractivity contribution in [2.45, 2.75) is 77.0 Å². The van der Waals surface area contributed by atoms with Crippen LogP contribution in [0.5, 0.6) is 0 Å². The molecule has 0 N–H and O–H groups in total. The summed E-state index contributed by atoms with van der Waals surface area (Å²) >= 11 is 0. The van der Waals surface area contributed by atoms with Crippen LogP contribution in [-0.4, -0.2) is 71.2 Å². The first-order chi connectivity index (χ1) is 12.6. The maximum Gasteiger partial charge on any atom is 0.147 e. The molecule has 0 heterocycles. The Balaban J connectivity index is 2.38. The molecule has 3 aliphatic carbocycles. The van der Waals surface area contributed by atoms with Gasteiger partial charge < -0.3 is 33.2 Å². The average Bonchev–Trinajstić information content (AvgIpc) is 2.58. The third-order valence-corrected chi connectivity index (χ3v) is 5.89. The first kappa shape index (κ1) is 23.0. The van der Waals surface area contributed by atoms with Crippen LogP contribution in [0, 0.1) is 11.3 Å². The monoisotopic (exact) mass is 390 g/mol. The van der Waals surface area contributed by atoms with Crippen molar-refractivity contribution in [2.75, 3.05) is 41.7 Å². The number of rotatable bonds is 10. The predicted molar refractivity (Wildman–Crippen MR) is 100 cm³/mol. The number of hydrogen-bond donors (Lipinski definition) is 0. The molecule has 0 unspecified atom stereocenters. The van der Waals surface area contributed by atoms with E-state index in [0.29, 0.717) is 0 Å². The molecule has 0 spiro atoms. The van der Waals surface area contributed by atoms with Crippen LogP contribution < -0.4 is 0 Å². The van der Waals surface area contributed by atoms with Gasteiger partial charge in [0.2, 0.25) is 0 Å². The topological polar surface area (TPSA) is 64.6 Å². The molecule has 0 aromatic rings. The van der Waals surface area contributed by atoms with E-state index < -0.39 is 5.60 Å². The summed E-state index contributed by atoms with van der Waals surface area (Å²) in [4.78, 5) is 0. The second kappa shape index (κ2) is 9.03. The molecule has 6 atom stereocenters. The van der Waals surface area contributed by atoms with Gasteiger partial charge in [-0.1, -0.05) is 6.92 Å². The Hall–Kier alpha value is -0.280. The predicted octanol–water partition coefficient (Wildman–Crippen LogP) is 2.96. The van der Waals surface area contributed by atoms with E-state index in [9.17, 15) is 0 Å². The van der Waals surface area contributed by atoms with Gasteiger partial charge in [-0.25, -0.2) is 0 Å². The third kappa shape index (κ3) is 4.83. The molecule has 0 aliphatic heterocycles. The molecule has 0 radical (unpaired) electrons. The molecule has 2 bridgehead atoms. The zero-order valence-electron chi connectivity index (χ0n) is 18.2. The Bertz CT molecular complexity index is 466. The molecule has 0 amide bonds. The molecular formula is C20H38O7. The van der Waals surface area contributed by atoms with Crippen molar-refractivity contribution in [2.24, 2.45) is 11.3 Å². The highest BCUT2D eigenvalue weighted by atomic mass is 16.7. The Kier molecular flexibility index (Phi) is 7.69. The molecule has 3 aliphatic rings. The van der Waals surface area contributed by atoms with Crippen molar-refractivity contribution < 1.29 is 33.2 Å². The Morgan fingerprint density at radius 1 is 0.889 bits per heavy atom. The van der Waals surface area contributed by atoms with Gasteiger partial charge in [0.15, 0.2) is 0 Å². The molecular weight excluding hydrogens is 352 g/mol. The van der Waals surface area contributed by atoms with Gasteiger partial charge >= 0.3 is 0 Å². The normalized spacial score (nSPS) is 39.1. The van der Waals surface area contributed by atoms with Crippen LogP contribution in [0.1, 0.15) is 47.5 Å². The van der Waals surface area contributed by atoms with Crippen molar-refractivity contribution >= 4 is 0 Å². The summed E-state index contributed by atoms with van der Waals surface area (Å²) < 4.78 is 40.6. The average molecular weight is 391 g/mol. The van der Waals surface area contributed by atoms with Crippen LogP contribution in [0.3, 0.4) is 0 Å². The summed E-state index contributed by atoms with van der Waals surface area (Å²) in [6.07, 6.45) is 1.45. The number of hydrogen-bond acceptors (Lipinski definition) is 7. The van der Waals surface area contributed by atoms with E-state index in [1.165, 1.54) is 0 Å². The van der Waals surface area contributed by atoms with E-state index in [1.54, 1.807) is 21.3 Å². The summed E-state index contributed by atoms with van der Waals surface area (Å²) in [5.41, 5.74) is -1.14. The Labute approximate surface area is 163 Å². The fourth-order valence-corrected chi connectivity index (χ4v) is 4.89. The minimum absolute atomic E-state index is 0.000908. The van der Waals surface area contributed by atoms with Crippen LogP contribution in [0.25, 0.3) is 0 Å². The standard InChI is InChI=1S/C20H38O7/c1-18(2,3)27-16-9-14-15(24-11-21-6)10-19(16,4)17(25-12-22-7)20(14,5)26-13-23-8/h14-17H,9-13H2,1-8H3/t14-,15+,16+,17-,19-,20+/m1/s1. The van der Waals surface area contributed by atoms with Crippen molar-refractivity contribution in [3.8, 4) is 0 Å². The lowest BCUT2D eigenvalue weighted by Crippen LogP contribution is -2.73. The lowest BCUT2D eigenvalue weighted by atomic mass is 9.51. The molecule has 7 heteroatoms. The first-order valence-electron chi connectivity index (χ1n) is 9.64. The number of methoxy groups -OCH3 is 3. The minimum atomic E-state index is -0.586. The Morgan fingerprint density at radius 3 is 2.04 bits per heavy atom. The largest absolute Gasteiger partial charge is 0.372 e. The first-order valence-corrected chi connectivity index (χ1v) is 9.64. The van der Waals surface area contributed by atoms with Crippen LogP contribution in [0.4, 0.5) is 0 Å². The van der Waals surface area contributed by atoms with E-state index in [4.69, 9.17) is 33.2 Å². The molecule has 160 valence electrons. The van der Waals surface area contributed by atoms with Gasteiger partial charge in [0.05, 0.1) is 23.9 Å². The van der Waals surface area contributed by atoms with E-state index >= 15 is 0 Å². The minimum Gasteiger partial charge on any atom is -0.372 e. The van der Waals surface area contributed by atoms with Gasteiger partial charge in [-0.2, -0.15) is 0 Å². The number of ether oxygens (including phenoxy) is 7. The van der Waals surface area contributed by atoms with Crippen molar-refractivity contribution in [3.05, 3.63) is 0 Å². The summed E-state index contributed by atoms with van der Waals surface area (Å²) in [7, 11) is 4.89. The van der Waals surface area contributed by atoms with E-state index in [1.807, 2.05) is 0 Å². The molecule has 0 aromatic heterocycles. The van der Waals surface area contributed by atoms with Crippen molar-refractivity contribution in [1.29, 1.82) is 0 Å². The summed E-state index contributed by atoms with van der Waals surface area (Å²) in [5, 5.41) is 0. The zero-order chi connectivity index (χ0) is 20.3. The van der Waals surface area contributed by atoms with Gasteiger partial charge in [-0.15, -0.1) is 0 Å². The maximum absolute atomic E-state index is 6.48. The molecule has 0 aromatic carbocycles. The van der Waals surface area contributed by atoms with Crippen molar-refractivity contribution in [1.82, 2.24) is 0 Å². The van der Waals surface area contributed by atoms with Crippen LogP contribution in [0.2, 0.25) is 0 Å². The lowest BCUT2D eigenvalue weighted by molar-refractivity contribution is -0.344. The SMILES string of the molecule is COCO[C@H]1C[C@]2(C)[C@@H](OC(C)(C)C)C[C@H]1[C@](C)(OCOC)[C@@H]2OCOC. The van der Waals surface area contributed by atoms with Crippen LogP contribution >= 0.6 is 0 Å². The van der Waals surface area contributed by atoms with Gasteiger partial charge in [0.25, 0.3) is 0 Å². The number of fused-ring (bicyclic) bond motifs is 3. The summed E-state index contributed by atoms with van der Waals surface area (Å²) in [5.74, 6) is 0.0823. The van der Waals surface area contributed by atoms with Gasteiger partial charge in [0, 0.05) is 32.7 Å². The quantitative estimate of drug-likeness (QED) is 0.531. The molecule has 27 heavy (non-hydrogen) atoms. The van der Waals surface area contributed by atoms with E-state index in [0.717, 1.165) is 12.8 Å². The summed E-state index contributed by atoms with van der Waals surface area (Å²) in [6.45, 7) is 11.2. The van der Waals surface area contributed by atoms with Gasteiger partial charge in [-0.05, 0) is 40.5 Å². The lowest BCUT2D eigenvalue weighted by Gasteiger charge is -2.64. The van der Waals surface area contributed by atoms with Crippen LogP contribution in [0.15, 0.2) is 0 Å². The smallest absolute Gasteiger partial charge is 0.147 e. The molecule has 7 nitrogen and oxygen atoms in total. The maximum atomic E-state index is 6.48. The fraction of sp³-hybridized carbons (Fsp3) is 1.00. The zero-order valence-corrected chi connectivity index (χ0v) is 18.2. The molecule has 3 saturated carbocycles. The van der Waals surface area contributed by atoms with Gasteiger partial charge in [-0.3, -0.25) is 0 Å². The van der Waals surface area contributed by atoms with Gasteiger partial charge in [0.1, 0.15) is 26.0 Å². The van der Waals surface area contributed by atoms with E-state index in [-0.39, 0.29) is 55.6 Å². The summed E-state index contributed by atoms with van der Waals surface area (Å²) in [6, 6.07) is 0. The highest BCUT2D eigenvalue weighted by Gasteiger charge is 2.67. The highest BCUT2D eigenvalue weighted by molar-refractivity contribution is 5.16. The molecule has 3 fully saturated rings. The van der Waals surface area contributed by atoms with Crippen LogP contribution in [-0.2, 0) is 33.2 Å². The van der Waals surface area contributed by atoms with E-state index in [2.05, 4.69) is 34.6 Å². The second-order valence-electron chi connectivity index (χ2n) is 9.07. The fourth-order valence-electron chi connectivity index (χ4n) is 4.89. The van der Waals surface area contributed by atoms with Crippen molar-refractivity contribution in [3.63, 3.8) is 0 Å².